The second-order valence-corrected chi connectivity index (χ2v) is 5.43. The van der Waals surface area contributed by atoms with E-state index in [-0.39, 0.29) is 22.9 Å². The van der Waals surface area contributed by atoms with Crippen LogP contribution in [0.1, 0.15) is 23.2 Å². The van der Waals surface area contributed by atoms with E-state index in [0.717, 1.165) is 18.9 Å². The first-order valence-corrected chi connectivity index (χ1v) is 7.14. The van der Waals surface area contributed by atoms with Crippen LogP contribution in [-0.4, -0.2) is 42.7 Å². The summed E-state index contributed by atoms with van der Waals surface area (Å²) in [5.41, 5.74) is -0.157. The molecule has 24 heavy (non-hydrogen) atoms. The standard InChI is InChI=1S/C14H13N5O5/c20-13(17-12(14(21)22)8-1-2-8)9-3-4-10(11(5-9)19(23)24)18-7-15-6-16-18/h3-8,12H,1-2H2,(H,17,20)(H,21,22). The predicted molar refractivity (Wildman–Crippen MR) is 79.6 cm³/mol. The summed E-state index contributed by atoms with van der Waals surface area (Å²) < 4.78 is 1.21. The molecule has 1 aliphatic rings. The molecular weight excluding hydrogens is 318 g/mol. The number of carbonyl (C=O) groups is 2. The number of carboxylic acids is 1. The summed E-state index contributed by atoms with van der Waals surface area (Å²) in [5.74, 6) is -1.86. The topological polar surface area (TPSA) is 140 Å². The summed E-state index contributed by atoms with van der Waals surface area (Å²) in [7, 11) is 0. The number of carboxylic acid groups (broad SMARTS) is 1. The third-order valence-electron chi connectivity index (χ3n) is 3.75. The minimum atomic E-state index is -1.11. The van der Waals surface area contributed by atoms with Gasteiger partial charge in [-0.05, 0) is 30.9 Å². The quantitative estimate of drug-likeness (QED) is 0.588. The molecule has 1 aliphatic carbocycles. The maximum Gasteiger partial charge on any atom is 0.326 e. The fourth-order valence-electron chi connectivity index (χ4n) is 2.37. The Kier molecular flexibility index (Phi) is 3.94. The second-order valence-electron chi connectivity index (χ2n) is 5.43. The van der Waals surface area contributed by atoms with Crippen LogP contribution in [0, 0.1) is 16.0 Å². The first-order valence-electron chi connectivity index (χ1n) is 7.14. The molecule has 2 aromatic rings. The first kappa shape index (κ1) is 15.6. The Bertz CT molecular complexity index is 800. The van der Waals surface area contributed by atoms with E-state index in [2.05, 4.69) is 15.4 Å². The number of benzene rings is 1. The molecule has 1 amide bonds. The third kappa shape index (κ3) is 3.07. The van der Waals surface area contributed by atoms with Crippen molar-refractivity contribution in [3.63, 3.8) is 0 Å². The van der Waals surface area contributed by atoms with E-state index in [9.17, 15) is 19.7 Å². The molecule has 2 N–H and O–H groups in total. The van der Waals surface area contributed by atoms with Crippen molar-refractivity contribution in [1.29, 1.82) is 0 Å². The molecule has 0 spiro atoms. The van der Waals surface area contributed by atoms with Crippen molar-refractivity contribution in [1.82, 2.24) is 20.1 Å². The van der Waals surface area contributed by atoms with Crippen LogP contribution in [0.4, 0.5) is 5.69 Å². The van der Waals surface area contributed by atoms with Gasteiger partial charge in [0.25, 0.3) is 11.6 Å². The maximum absolute atomic E-state index is 12.2. The van der Waals surface area contributed by atoms with Crippen LogP contribution in [0.5, 0.6) is 0 Å². The first-order chi connectivity index (χ1) is 11.5. The minimum absolute atomic E-state index is 0.0115. The van der Waals surface area contributed by atoms with Gasteiger partial charge in [0.05, 0.1) is 4.92 Å². The average molecular weight is 331 g/mol. The maximum atomic E-state index is 12.2. The van der Waals surface area contributed by atoms with Crippen molar-refractivity contribution in [2.75, 3.05) is 0 Å². The van der Waals surface area contributed by atoms with Gasteiger partial charge in [-0.15, -0.1) is 0 Å². The van der Waals surface area contributed by atoms with Crippen molar-refractivity contribution in [3.8, 4) is 5.69 Å². The number of nitro benzene ring substituents is 1. The Labute approximate surface area is 135 Å². The Morgan fingerprint density at radius 2 is 2.17 bits per heavy atom. The van der Waals surface area contributed by atoms with Gasteiger partial charge in [-0.1, -0.05) is 0 Å². The Balaban J connectivity index is 1.88. The molecule has 3 rings (SSSR count). The highest BCUT2D eigenvalue weighted by molar-refractivity contribution is 5.97. The zero-order valence-electron chi connectivity index (χ0n) is 12.3. The van der Waals surface area contributed by atoms with Gasteiger partial charge in [0.1, 0.15) is 24.4 Å². The van der Waals surface area contributed by atoms with E-state index in [1.54, 1.807) is 0 Å². The summed E-state index contributed by atoms with van der Waals surface area (Å²) in [4.78, 5) is 37.8. The Morgan fingerprint density at radius 3 is 2.71 bits per heavy atom. The number of amides is 1. The molecule has 1 aromatic heterocycles. The number of carbonyl (C=O) groups excluding carboxylic acids is 1. The lowest BCUT2D eigenvalue weighted by Gasteiger charge is -2.13. The zero-order valence-corrected chi connectivity index (χ0v) is 12.3. The number of hydrogen-bond acceptors (Lipinski definition) is 6. The number of nitrogens with zero attached hydrogens (tertiary/aromatic N) is 4. The van der Waals surface area contributed by atoms with Crippen molar-refractivity contribution in [3.05, 3.63) is 46.5 Å². The fraction of sp³-hybridized carbons (Fsp3) is 0.286. The molecule has 1 unspecified atom stereocenters. The Hall–Kier alpha value is -3.30. The van der Waals surface area contributed by atoms with Crippen LogP contribution in [0.15, 0.2) is 30.9 Å². The molecule has 0 saturated heterocycles. The summed E-state index contributed by atoms with van der Waals surface area (Å²) in [6.45, 7) is 0. The molecule has 124 valence electrons. The molecule has 0 aliphatic heterocycles. The smallest absolute Gasteiger partial charge is 0.326 e. The van der Waals surface area contributed by atoms with Gasteiger partial charge in [0, 0.05) is 11.6 Å². The molecule has 1 aromatic carbocycles. The van der Waals surface area contributed by atoms with E-state index < -0.39 is 22.8 Å². The molecular formula is C14H13N5O5. The molecule has 10 heteroatoms. The van der Waals surface area contributed by atoms with Gasteiger partial charge in [-0.2, -0.15) is 5.10 Å². The van der Waals surface area contributed by atoms with Gasteiger partial charge in [-0.25, -0.2) is 14.5 Å². The largest absolute Gasteiger partial charge is 0.480 e. The minimum Gasteiger partial charge on any atom is -0.480 e. The van der Waals surface area contributed by atoms with Crippen molar-refractivity contribution in [2.24, 2.45) is 5.92 Å². The van der Waals surface area contributed by atoms with Gasteiger partial charge in [0.2, 0.25) is 0 Å². The van der Waals surface area contributed by atoms with Gasteiger partial charge in [0.15, 0.2) is 0 Å². The van der Waals surface area contributed by atoms with Crippen LogP contribution in [0.2, 0.25) is 0 Å². The normalized spacial score (nSPS) is 14.8. The van der Waals surface area contributed by atoms with Crippen molar-refractivity contribution in [2.45, 2.75) is 18.9 Å². The summed E-state index contributed by atoms with van der Waals surface area (Å²) in [6.07, 6.45) is 4.01. The van der Waals surface area contributed by atoms with Gasteiger partial charge in [-0.3, -0.25) is 14.9 Å². The second kappa shape index (κ2) is 6.07. The van der Waals surface area contributed by atoms with Gasteiger partial charge >= 0.3 is 5.97 Å². The highest BCUT2D eigenvalue weighted by Gasteiger charge is 2.37. The van der Waals surface area contributed by atoms with Crippen LogP contribution < -0.4 is 5.32 Å². The SMILES string of the molecule is O=C(NC(C(=O)O)C1CC1)c1ccc(-n2cncn2)c([N+](=O)[O-])c1. The molecule has 0 radical (unpaired) electrons. The lowest BCUT2D eigenvalue weighted by Crippen LogP contribution is -2.42. The molecule has 1 atom stereocenters. The molecule has 1 saturated carbocycles. The fourth-order valence-corrected chi connectivity index (χ4v) is 2.37. The van der Waals surface area contributed by atoms with Crippen molar-refractivity contribution < 1.29 is 19.6 Å². The number of hydrogen-bond donors (Lipinski definition) is 2. The molecule has 1 heterocycles. The van der Waals surface area contributed by atoms with Crippen LogP contribution in [0.3, 0.4) is 0 Å². The number of nitro groups is 1. The zero-order chi connectivity index (χ0) is 17.3. The Morgan fingerprint density at radius 1 is 1.42 bits per heavy atom. The third-order valence-corrected chi connectivity index (χ3v) is 3.75. The average Bonchev–Trinajstić information content (AvgIpc) is 3.24. The monoisotopic (exact) mass is 331 g/mol. The number of aromatic nitrogens is 3. The van der Waals surface area contributed by atoms with E-state index in [4.69, 9.17) is 5.11 Å². The highest BCUT2D eigenvalue weighted by atomic mass is 16.6. The number of rotatable bonds is 6. The molecule has 0 bridgehead atoms. The van der Waals surface area contributed by atoms with Crippen molar-refractivity contribution >= 4 is 17.6 Å². The van der Waals surface area contributed by atoms with Crippen LogP contribution in [-0.2, 0) is 4.79 Å². The molecule has 10 nitrogen and oxygen atoms in total. The number of aliphatic carboxylic acids is 1. The predicted octanol–water partition coefficient (Wildman–Crippen LogP) is 0.768. The van der Waals surface area contributed by atoms with E-state index >= 15 is 0 Å². The summed E-state index contributed by atoms with van der Waals surface area (Å²) >= 11 is 0. The van der Waals surface area contributed by atoms with Gasteiger partial charge < -0.3 is 10.4 Å². The number of nitrogens with one attached hydrogen (secondary N) is 1. The van der Waals surface area contributed by atoms with E-state index in [1.165, 1.54) is 29.5 Å². The van der Waals surface area contributed by atoms with Crippen LogP contribution in [0.25, 0.3) is 5.69 Å². The highest BCUT2D eigenvalue weighted by Crippen LogP contribution is 2.33. The van der Waals surface area contributed by atoms with E-state index in [1.807, 2.05) is 0 Å². The summed E-state index contributed by atoms with van der Waals surface area (Å²) in [5, 5.41) is 26.7. The lowest BCUT2D eigenvalue weighted by molar-refractivity contribution is -0.384. The van der Waals surface area contributed by atoms with Crippen LogP contribution >= 0.6 is 0 Å². The lowest BCUT2D eigenvalue weighted by atomic mass is 10.1. The van der Waals surface area contributed by atoms with E-state index in [0.29, 0.717) is 0 Å². The summed E-state index contributed by atoms with van der Waals surface area (Å²) in [6, 6.07) is 2.87. The molecule has 1 fully saturated rings.